The molecule has 1 aliphatic carbocycles. The molecule has 3 aromatic rings. The summed E-state index contributed by atoms with van der Waals surface area (Å²) in [4.78, 5) is 15.9. The van der Waals surface area contributed by atoms with Crippen LogP contribution in [0.1, 0.15) is 60.4 Å². The van der Waals surface area contributed by atoms with Crippen LogP contribution in [0.15, 0.2) is 87.8 Å². The highest BCUT2D eigenvalue weighted by Gasteiger charge is 2.45. The van der Waals surface area contributed by atoms with Crippen LogP contribution in [0.2, 0.25) is 0 Å². The zero-order valence-electron chi connectivity index (χ0n) is 23.6. The van der Waals surface area contributed by atoms with Crippen LogP contribution in [0, 0.1) is 37.5 Å². The molecule has 2 N–H and O–H groups in total. The summed E-state index contributed by atoms with van der Waals surface area (Å²) in [6.07, 6.45) is 1.10. The molecule has 5 nitrogen and oxygen atoms in total. The molecule has 0 bridgehead atoms. The normalized spacial score (nSPS) is 18.5. The molecule has 0 spiro atoms. The highest BCUT2D eigenvalue weighted by atomic mass is 79.9. The summed E-state index contributed by atoms with van der Waals surface area (Å²) in [5, 5.41) is 10.5. The quantitative estimate of drug-likeness (QED) is 0.324. The topological polar surface area (TPSA) is 79.3 Å². The standard InChI is InChI=1S/C34H34BrN3O2/c1-20-10-12-24(13-11-20)38-28-16-34(4,5)17-29(39)32(28)31(26(18-36)33(38)37)25-15-23(21(2)14-22(25)3)19-40-30-9-7-6-8-27(30)35/h6-15,31H,16-17,19,37H2,1-5H3. The van der Waals surface area contributed by atoms with Crippen LogP contribution in [0.25, 0.3) is 0 Å². The number of halogens is 1. The first-order valence-corrected chi connectivity index (χ1v) is 14.3. The van der Waals surface area contributed by atoms with Gasteiger partial charge in [-0.25, -0.2) is 0 Å². The average molecular weight is 597 g/mol. The maximum Gasteiger partial charge on any atom is 0.162 e. The molecule has 3 aromatic carbocycles. The zero-order valence-corrected chi connectivity index (χ0v) is 25.2. The van der Waals surface area contributed by atoms with Gasteiger partial charge < -0.3 is 10.5 Å². The lowest BCUT2D eigenvalue weighted by atomic mass is 9.68. The second kappa shape index (κ2) is 10.6. The fraction of sp³-hybridized carbons (Fsp3) is 0.294. The fourth-order valence-corrected chi connectivity index (χ4v) is 6.31. The molecule has 1 aliphatic heterocycles. The fourth-order valence-electron chi connectivity index (χ4n) is 5.91. The molecule has 1 heterocycles. The van der Waals surface area contributed by atoms with E-state index in [1.807, 2.05) is 67.3 Å². The van der Waals surface area contributed by atoms with Gasteiger partial charge in [-0.2, -0.15) is 5.26 Å². The maximum atomic E-state index is 14.0. The van der Waals surface area contributed by atoms with Gasteiger partial charge in [0.05, 0.1) is 22.0 Å². The number of allylic oxidation sites excluding steroid dienone is 3. The molecule has 1 atom stereocenters. The highest BCUT2D eigenvalue weighted by molar-refractivity contribution is 9.10. The molecule has 2 aliphatic rings. The largest absolute Gasteiger partial charge is 0.488 e. The van der Waals surface area contributed by atoms with E-state index in [-0.39, 0.29) is 11.2 Å². The van der Waals surface area contributed by atoms with E-state index in [0.717, 1.165) is 49.4 Å². The van der Waals surface area contributed by atoms with E-state index in [0.29, 0.717) is 36.4 Å². The van der Waals surface area contributed by atoms with E-state index < -0.39 is 5.92 Å². The molecule has 40 heavy (non-hydrogen) atoms. The lowest BCUT2D eigenvalue weighted by molar-refractivity contribution is -0.118. The number of nitrogens with two attached hydrogens (primary N) is 1. The van der Waals surface area contributed by atoms with Gasteiger partial charge in [0.15, 0.2) is 5.78 Å². The minimum atomic E-state index is -0.534. The van der Waals surface area contributed by atoms with Gasteiger partial charge in [-0.3, -0.25) is 9.69 Å². The number of carbonyl (C=O) groups excluding carboxylic acids is 1. The lowest BCUT2D eigenvalue weighted by Crippen LogP contribution is -2.42. The molecule has 0 radical (unpaired) electrons. The number of ether oxygens (including phenoxy) is 1. The minimum Gasteiger partial charge on any atom is -0.488 e. The molecule has 6 heteroatoms. The van der Waals surface area contributed by atoms with Crippen LogP contribution in [-0.2, 0) is 11.4 Å². The summed E-state index contributed by atoms with van der Waals surface area (Å²) in [6, 6.07) is 22.4. The number of hydrogen-bond donors (Lipinski definition) is 1. The van der Waals surface area contributed by atoms with Gasteiger partial charge in [-0.05, 0) is 95.1 Å². The number of Topliss-reactive ketones (excluding diaryl/α,β-unsaturated/α-hetero) is 1. The lowest BCUT2D eigenvalue weighted by Gasteiger charge is -2.44. The van der Waals surface area contributed by atoms with Crippen LogP contribution in [0.3, 0.4) is 0 Å². The van der Waals surface area contributed by atoms with Crippen molar-refractivity contribution in [2.24, 2.45) is 11.1 Å². The van der Waals surface area contributed by atoms with Crippen molar-refractivity contribution in [2.45, 2.75) is 60.0 Å². The molecule has 0 amide bonds. The number of hydrogen-bond acceptors (Lipinski definition) is 5. The number of nitriles is 1. The summed E-state index contributed by atoms with van der Waals surface area (Å²) >= 11 is 3.55. The number of aryl methyl sites for hydroxylation is 3. The zero-order chi connectivity index (χ0) is 28.8. The van der Waals surface area contributed by atoms with Crippen molar-refractivity contribution in [1.82, 2.24) is 0 Å². The van der Waals surface area contributed by atoms with Gasteiger partial charge in [0, 0.05) is 23.4 Å². The molecule has 0 fully saturated rings. The summed E-state index contributed by atoms with van der Waals surface area (Å²) in [7, 11) is 0. The van der Waals surface area contributed by atoms with E-state index in [4.69, 9.17) is 10.5 Å². The number of nitrogens with zero attached hydrogens (tertiary/aromatic N) is 2. The molecular formula is C34H34BrN3O2. The van der Waals surface area contributed by atoms with Crippen molar-refractivity contribution in [1.29, 1.82) is 5.26 Å². The van der Waals surface area contributed by atoms with Crippen molar-refractivity contribution in [3.63, 3.8) is 0 Å². The van der Waals surface area contributed by atoms with Gasteiger partial charge >= 0.3 is 0 Å². The van der Waals surface area contributed by atoms with Gasteiger partial charge in [0.1, 0.15) is 18.2 Å². The van der Waals surface area contributed by atoms with E-state index in [9.17, 15) is 10.1 Å². The smallest absolute Gasteiger partial charge is 0.162 e. The Morgan fingerprint density at radius 1 is 1.05 bits per heavy atom. The Bertz CT molecular complexity index is 1610. The molecule has 5 rings (SSSR count). The van der Waals surface area contributed by atoms with Crippen LogP contribution < -0.4 is 15.4 Å². The molecule has 204 valence electrons. The molecule has 0 saturated carbocycles. The van der Waals surface area contributed by atoms with Crippen molar-refractivity contribution in [2.75, 3.05) is 4.90 Å². The predicted octanol–water partition coefficient (Wildman–Crippen LogP) is 7.89. The van der Waals surface area contributed by atoms with Crippen LogP contribution in [0.4, 0.5) is 5.69 Å². The first-order chi connectivity index (χ1) is 19.0. The number of carbonyl (C=O) groups is 1. The summed E-state index contributed by atoms with van der Waals surface area (Å²) < 4.78 is 7.05. The number of rotatable bonds is 5. The third-order valence-electron chi connectivity index (χ3n) is 7.93. The monoisotopic (exact) mass is 595 g/mol. The van der Waals surface area contributed by atoms with Crippen molar-refractivity contribution >= 4 is 27.4 Å². The van der Waals surface area contributed by atoms with E-state index in [2.05, 4.69) is 54.9 Å². The molecule has 0 saturated heterocycles. The maximum absolute atomic E-state index is 14.0. The summed E-state index contributed by atoms with van der Waals surface area (Å²) in [6.45, 7) is 10.7. The highest BCUT2D eigenvalue weighted by Crippen LogP contribution is 2.51. The Hall–Kier alpha value is -3.82. The van der Waals surface area contributed by atoms with Crippen LogP contribution in [-0.4, -0.2) is 5.78 Å². The Balaban J connectivity index is 1.66. The second-order valence-corrected chi connectivity index (χ2v) is 12.5. The van der Waals surface area contributed by atoms with Crippen molar-refractivity contribution < 1.29 is 9.53 Å². The predicted molar refractivity (Wildman–Crippen MR) is 163 cm³/mol. The first-order valence-electron chi connectivity index (χ1n) is 13.5. The third-order valence-corrected chi connectivity index (χ3v) is 8.58. The number of para-hydroxylation sites is 1. The van der Waals surface area contributed by atoms with Gasteiger partial charge in [-0.1, -0.05) is 55.8 Å². The Labute approximate surface area is 245 Å². The number of ketones is 1. The molecule has 0 aromatic heterocycles. The van der Waals surface area contributed by atoms with Crippen LogP contribution >= 0.6 is 15.9 Å². The SMILES string of the molecule is Cc1ccc(N2C(N)=C(C#N)C(c3cc(COc4ccccc4Br)c(C)cc3C)C3=C2CC(C)(C)CC3=O)cc1. The molecule has 1 unspecified atom stereocenters. The van der Waals surface area contributed by atoms with Gasteiger partial charge in [-0.15, -0.1) is 0 Å². The first kappa shape index (κ1) is 27.7. The Morgan fingerprint density at radius 2 is 1.75 bits per heavy atom. The molecular weight excluding hydrogens is 562 g/mol. The van der Waals surface area contributed by atoms with E-state index >= 15 is 0 Å². The van der Waals surface area contributed by atoms with E-state index in [1.165, 1.54) is 0 Å². The number of benzene rings is 3. The Kier molecular flexibility index (Phi) is 7.37. The Morgan fingerprint density at radius 3 is 2.42 bits per heavy atom. The third kappa shape index (κ3) is 5.07. The van der Waals surface area contributed by atoms with Crippen molar-refractivity contribution in [3.8, 4) is 11.8 Å². The van der Waals surface area contributed by atoms with Crippen molar-refractivity contribution in [3.05, 3.63) is 116 Å². The number of anilines is 1. The summed E-state index contributed by atoms with van der Waals surface area (Å²) in [5.74, 6) is 0.672. The average Bonchev–Trinajstić information content (AvgIpc) is 2.89. The summed E-state index contributed by atoms with van der Waals surface area (Å²) in [5.41, 5.74) is 14.6. The minimum absolute atomic E-state index is 0.0691. The van der Waals surface area contributed by atoms with Crippen LogP contribution in [0.5, 0.6) is 5.75 Å². The second-order valence-electron chi connectivity index (χ2n) is 11.7. The van der Waals surface area contributed by atoms with E-state index in [1.54, 1.807) is 0 Å². The van der Waals surface area contributed by atoms with Gasteiger partial charge in [0.25, 0.3) is 0 Å². The van der Waals surface area contributed by atoms with Gasteiger partial charge in [0.2, 0.25) is 0 Å².